The minimum Gasteiger partial charge on any atom is -0.506 e. The second-order valence-electron chi connectivity index (χ2n) is 13.9. The van der Waals surface area contributed by atoms with Crippen LogP contribution in [-0.4, -0.2) is 118 Å². The Kier molecular flexibility index (Phi) is 12.8. The van der Waals surface area contributed by atoms with Crippen LogP contribution in [0.4, 0.5) is 18.0 Å². The summed E-state index contributed by atoms with van der Waals surface area (Å²) in [6.07, 6.45) is 0.748. The van der Waals surface area contributed by atoms with Gasteiger partial charge in [0.25, 0.3) is 0 Å². The summed E-state index contributed by atoms with van der Waals surface area (Å²) in [6, 6.07) is 3.25. The normalized spacial score (nSPS) is 17.9. The van der Waals surface area contributed by atoms with Gasteiger partial charge in [0.15, 0.2) is 0 Å². The molecule has 48 heavy (non-hydrogen) atoms. The maximum Gasteiger partial charge on any atom is 0.471 e. The molecule has 15 heteroatoms. The van der Waals surface area contributed by atoms with Crippen LogP contribution in [0.25, 0.3) is 10.2 Å². The maximum atomic E-state index is 13.0. The van der Waals surface area contributed by atoms with Gasteiger partial charge in [0, 0.05) is 32.7 Å². The SMILES string of the molecule is CC(C)(C)OC(=O)N(CCc1ccc(O)c2[nH]c(=O)sc12)C[C@H](O)CCCCCCCN1CCC2(CC1)CN(C(=O)C(F)(F)F)CCO2. The number of hydrogen-bond acceptors (Lipinski definition) is 9. The number of fused-ring (bicyclic) bond motifs is 1. The van der Waals surface area contributed by atoms with Gasteiger partial charge in [-0.3, -0.25) is 9.59 Å². The van der Waals surface area contributed by atoms with E-state index in [2.05, 4.69) is 9.88 Å². The molecule has 1 aromatic carbocycles. The van der Waals surface area contributed by atoms with Crippen LogP contribution >= 0.6 is 11.3 Å². The van der Waals surface area contributed by atoms with Gasteiger partial charge in [-0.05, 0) is 71.0 Å². The highest BCUT2D eigenvalue weighted by molar-refractivity contribution is 7.16. The summed E-state index contributed by atoms with van der Waals surface area (Å²) < 4.78 is 50.9. The molecule has 4 rings (SSSR count). The van der Waals surface area contributed by atoms with Gasteiger partial charge < -0.3 is 39.4 Å². The first-order chi connectivity index (χ1) is 22.6. The minimum atomic E-state index is -4.87. The Balaban J connectivity index is 1.14. The number of likely N-dealkylation sites (tertiary alicyclic amines) is 1. The number of aliphatic hydroxyl groups is 1. The number of unbranched alkanes of at least 4 members (excludes halogenated alkanes) is 4. The third-order valence-electron chi connectivity index (χ3n) is 8.93. The van der Waals surface area contributed by atoms with E-state index < -0.39 is 35.5 Å². The summed E-state index contributed by atoms with van der Waals surface area (Å²) in [7, 11) is 0. The zero-order valence-electron chi connectivity index (χ0n) is 28.1. The molecule has 0 saturated carbocycles. The van der Waals surface area contributed by atoms with Gasteiger partial charge in [0.2, 0.25) is 0 Å². The molecule has 3 heterocycles. The number of rotatable bonds is 13. The number of carbonyl (C=O) groups is 2. The summed E-state index contributed by atoms with van der Waals surface area (Å²) in [5, 5.41) is 20.9. The highest BCUT2D eigenvalue weighted by Gasteiger charge is 2.48. The number of piperidine rings is 1. The molecule has 2 amide bonds. The number of carbonyl (C=O) groups excluding carboxylic acids is 2. The van der Waals surface area contributed by atoms with E-state index in [1.165, 1.54) is 11.0 Å². The molecule has 0 radical (unpaired) electrons. The number of hydrogen-bond donors (Lipinski definition) is 3. The first-order valence-corrected chi connectivity index (χ1v) is 17.6. The van der Waals surface area contributed by atoms with E-state index >= 15 is 0 Å². The Labute approximate surface area is 283 Å². The van der Waals surface area contributed by atoms with Crippen LogP contribution < -0.4 is 4.87 Å². The number of morpholine rings is 1. The van der Waals surface area contributed by atoms with Crippen LogP contribution in [0.3, 0.4) is 0 Å². The van der Waals surface area contributed by atoms with Crippen molar-refractivity contribution in [1.29, 1.82) is 0 Å². The van der Waals surface area contributed by atoms with E-state index in [4.69, 9.17) is 9.47 Å². The Morgan fingerprint density at radius 1 is 1.10 bits per heavy atom. The van der Waals surface area contributed by atoms with E-state index in [0.717, 1.165) is 73.5 Å². The standard InChI is InChI=1S/C33H49F3N4O7S/c1-31(2,3)47-30(45)39(16-12-23-10-11-25(42)26-27(23)48-29(44)37-26)21-24(41)9-7-5-4-6-8-15-38-17-13-32(14-18-38)22-40(19-20-46-32)28(43)33(34,35)36/h10-11,24,41-42H,4-9,12-22H2,1-3H3,(H,37,44)/t24-/m1/s1. The zero-order chi connectivity index (χ0) is 35.1. The first-order valence-electron chi connectivity index (χ1n) is 16.8. The lowest BCUT2D eigenvalue weighted by Gasteiger charge is -2.47. The lowest BCUT2D eigenvalue weighted by atomic mass is 9.89. The van der Waals surface area contributed by atoms with E-state index in [9.17, 15) is 37.8 Å². The molecule has 1 spiro atoms. The Morgan fingerprint density at radius 3 is 2.48 bits per heavy atom. The number of amides is 2. The van der Waals surface area contributed by atoms with Gasteiger partial charge in [0.1, 0.15) is 16.9 Å². The van der Waals surface area contributed by atoms with Crippen LogP contribution in [0.2, 0.25) is 0 Å². The van der Waals surface area contributed by atoms with Crippen molar-refractivity contribution >= 4 is 33.6 Å². The van der Waals surface area contributed by atoms with Crippen molar-refractivity contribution < 1.29 is 42.4 Å². The summed E-state index contributed by atoms with van der Waals surface area (Å²) >= 11 is 1.00. The lowest BCUT2D eigenvalue weighted by Crippen LogP contribution is -2.59. The number of alkyl halides is 3. The number of halogens is 3. The molecule has 0 unspecified atom stereocenters. The van der Waals surface area contributed by atoms with Crippen molar-refractivity contribution in [2.24, 2.45) is 0 Å². The molecule has 2 saturated heterocycles. The van der Waals surface area contributed by atoms with Gasteiger partial charge in [-0.1, -0.05) is 43.1 Å². The topological polar surface area (TPSA) is 136 Å². The molecular formula is C33H49F3N4O7S. The maximum absolute atomic E-state index is 13.0. The number of phenolic OH excluding ortho intramolecular Hbond substituents is 1. The third-order valence-corrected chi connectivity index (χ3v) is 9.89. The number of aromatic nitrogens is 1. The fourth-order valence-electron chi connectivity index (χ4n) is 6.38. The number of phenols is 1. The van der Waals surface area contributed by atoms with Gasteiger partial charge >= 0.3 is 23.0 Å². The number of aromatic hydroxyl groups is 1. The van der Waals surface area contributed by atoms with E-state index in [1.807, 2.05) is 0 Å². The number of benzene rings is 1. The molecule has 2 aromatic rings. The Hall–Kier alpha value is -2.88. The second kappa shape index (κ2) is 16.2. The predicted octanol–water partition coefficient (Wildman–Crippen LogP) is 5.03. The molecular weight excluding hydrogens is 653 g/mol. The summed E-state index contributed by atoms with van der Waals surface area (Å²) in [5.74, 6) is -1.80. The van der Waals surface area contributed by atoms with Crippen molar-refractivity contribution in [3.63, 3.8) is 0 Å². The van der Waals surface area contributed by atoms with Crippen molar-refractivity contribution in [3.8, 4) is 5.75 Å². The van der Waals surface area contributed by atoms with Crippen LogP contribution in [-0.2, 0) is 20.7 Å². The van der Waals surface area contributed by atoms with E-state index in [1.54, 1.807) is 26.8 Å². The van der Waals surface area contributed by atoms with E-state index in [-0.39, 0.29) is 43.4 Å². The van der Waals surface area contributed by atoms with Crippen LogP contribution in [0.1, 0.15) is 77.7 Å². The third kappa shape index (κ3) is 10.8. The molecule has 1 aromatic heterocycles. The van der Waals surface area contributed by atoms with Gasteiger partial charge in [-0.15, -0.1) is 0 Å². The summed E-state index contributed by atoms with van der Waals surface area (Å²) in [5.41, 5.74) is -0.213. The molecule has 2 aliphatic heterocycles. The van der Waals surface area contributed by atoms with Crippen molar-refractivity contribution in [3.05, 3.63) is 27.4 Å². The first kappa shape index (κ1) is 37.9. The van der Waals surface area contributed by atoms with Gasteiger partial charge in [-0.25, -0.2) is 4.79 Å². The number of nitrogens with zero attached hydrogens (tertiary/aromatic N) is 3. The number of nitrogens with one attached hydrogen (secondary N) is 1. The fourth-order valence-corrected chi connectivity index (χ4v) is 7.28. The molecule has 1 atom stereocenters. The largest absolute Gasteiger partial charge is 0.506 e. The highest BCUT2D eigenvalue weighted by Crippen LogP contribution is 2.32. The number of aromatic amines is 1. The van der Waals surface area contributed by atoms with Crippen LogP contribution in [0.15, 0.2) is 16.9 Å². The van der Waals surface area contributed by atoms with Gasteiger partial charge in [0.05, 0.1) is 29.6 Å². The monoisotopic (exact) mass is 702 g/mol. The molecule has 3 N–H and O–H groups in total. The number of ether oxygens (including phenoxy) is 2. The Morgan fingerprint density at radius 2 is 1.79 bits per heavy atom. The van der Waals surface area contributed by atoms with Gasteiger partial charge in [-0.2, -0.15) is 13.2 Å². The fraction of sp³-hybridized carbons (Fsp3) is 0.727. The average Bonchev–Trinajstić information content (AvgIpc) is 3.41. The van der Waals surface area contributed by atoms with Crippen molar-refractivity contribution in [2.75, 3.05) is 52.4 Å². The average molecular weight is 703 g/mol. The predicted molar refractivity (Wildman–Crippen MR) is 176 cm³/mol. The molecule has 0 aliphatic carbocycles. The molecule has 0 bridgehead atoms. The second-order valence-corrected chi connectivity index (χ2v) is 14.9. The van der Waals surface area contributed by atoms with Crippen molar-refractivity contribution in [2.45, 2.75) is 102 Å². The lowest BCUT2D eigenvalue weighted by molar-refractivity contribution is -0.200. The Bertz CT molecular complexity index is 1430. The molecule has 11 nitrogen and oxygen atoms in total. The number of aliphatic hydroxyl groups excluding tert-OH is 1. The summed E-state index contributed by atoms with van der Waals surface area (Å²) in [4.78, 5) is 43.7. The van der Waals surface area contributed by atoms with Crippen LogP contribution in [0.5, 0.6) is 5.75 Å². The zero-order valence-corrected chi connectivity index (χ0v) is 28.9. The van der Waals surface area contributed by atoms with Crippen molar-refractivity contribution in [1.82, 2.24) is 19.7 Å². The number of thiazole rings is 1. The molecule has 2 fully saturated rings. The smallest absolute Gasteiger partial charge is 0.471 e. The highest BCUT2D eigenvalue weighted by atomic mass is 32.1. The quantitative estimate of drug-likeness (QED) is 0.248. The summed E-state index contributed by atoms with van der Waals surface area (Å²) in [6.45, 7) is 8.14. The molecule has 270 valence electrons. The van der Waals surface area contributed by atoms with Crippen LogP contribution in [0, 0.1) is 0 Å². The van der Waals surface area contributed by atoms with E-state index in [0.29, 0.717) is 35.9 Å². The number of H-pyrrole nitrogens is 1. The minimum absolute atomic E-state index is 0.0115. The molecule has 2 aliphatic rings.